The number of carbonyl (C=O) groups excluding carboxylic acids is 2. The predicted molar refractivity (Wildman–Crippen MR) is 117 cm³/mol. The average molecular weight is 422 g/mol. The molecule has 0 atom stereocenters. The van der Waals surface area contributed by atoms with Gasteiger partial charge in [-0.1, -0.05) is 42.5 Å². The second-order valence-electron chi connectivity index (χ2n) is 6.71. The summed E-state index contributed by atoms with van der Waals surface area (Å²) in [5.41, 5.74) is 2.86. The molecule has 0 aliphatic rings. The first-order valence-corrected chi connectivity index (χ1v) is 10.0. The van der Waals surface area contributed by atoms with Crippen LogP contribution in [0, 0.1) is 0 Å². The lowest BCUT2D eigenvalue weighted by Gasteiger charge is -2.07. The van der Waals surface area contributed by atoms with Gasteiger partial charge in [0.05, 0.1) is 25.8 Å². The van der Waals surface area contributed by atoms with Crippen molar-refractivity contribution in [1.82, 2.24) is 20.4 Å². The first-order chi connectivity index (χ1) is 15.1. The number of hydrogen-bond donors (Lipinski definition) is 2. The van der Waals surface area contributed by atoms with Gasteiger partial charge in [0, 0.05) is 24.8 Å². The largest absolute Gasteiger partial charge is 0.497 e. The van der Waals surface area contributed by atoms with E-state index in [1.54, 1.807) is 24.9 Å². The van der Waals surface area contributed by atoms with Crippen LogP contribution in [0.2, 0.25) is 0 Å². The molecule has 1 aromatic heterocycles. The van der Waals surface area contributed by atoms with Crippen LogP contribution in [-0.2, 0) is 11.3 Å². The topological polar surface area (TPSA) is 94.5 Å². The van der Waals surface area contributed by atoms with Crippen molar-refractivity contribution >= 4 is 12.0 Å². The number of aromatic nitrogens is 2. The standard InChI is InChI=1S/C23H26N4O4/c1-3-31-23(29)25-13-12-24-22(28)20-16-27(15-17-8-5-4-6-9-17)26-21(20)18-10-7-11-19(14-18)30-2/h4-11,14,16H,3,12-13,15H2,1-2H3,(H,24,28)(H,25,29). The lowest BCUT2D eigenvalue weighted by atomic mass is 10.1. The van der Waals surface area contributed by atoms with Crippen LogP contribution in [0.5, 0.6) is 5.75 Å². The molecule has 162 valence electrons. The second kappa shape index (κ2) is 10.8. The highest BCUT2D eigenvalue weighted by Gasteiger charge is 2.18. The third-order valence-corrected chi connectivity index (χ3v) is 4.49. The van der Waals surface area contributed by atoms with Crippen molar-refractivity contribution in [3.8, 4) is 17.0 Å². The van der Waals surface area contributed by atoms with Crippen LogP contribution in [0.1, 0.15) is 22.8 Å². The Morgan fingerprint density at radius 3 is 2.55 bits per heavy atom. The molecule has 2 aromatic carbocycles. The summed E-state index contributed by atoms with van der Waals surface area (Å²) in [6.07, 6.45) is 1.22. The molecular weight excluding hydrogens is 396 g/mol. The lowest BCUT2D eigenvalue weighted by Crippen LogP contribution is -2.35. The number of ether oxygens (including phenoxy) is 2. The van der Waals surface area contributed by atoms with Crippen LogP contribution in [0.25, 0.3) is 11.3 Å². The van der Waals surface area contributed by atoms with E-state index in [1.165, 1.54) is 0 Å². The van der Waals surface area contributed by atoms with Gasteiger partial charge in [0.25, 0.3) is 5.91 Å². The molecule has 0 aliphatic heterocycles. The fourth-order valence-corrected chi connectivity index (χ4v) is 3.04. The molecule has 0 radical (unpaired) electrons. The van der Waals surface area contributed by atoms with E-state index >= 15 is 0 Å². The molecule has 2 amide bonds. The van der Waals surface area contributed by atoms with Crippen molar-refractivity contribution < 1.29 is 19.1 Å². The van der Waals surface area contributed by atoms with Crippen molar-refractivity contribution in [1.29, 1.82) is 0 Å². The van der Waals surface area contributed by atoms with Crippen molar-refractivity contribution in [2.45, 2.75) is 13.5 Å². The summed E-state index contributed by atoms with van der Waals surface area (Å²) in [6, 6.07) is 17.3. The number of carbonyl (C=O) groups is 2. The quantitative estimate of drug-likeness (QED) is 0.517. The molecule has 0 spiro atoms. The number of amides is 2. The zero-order valence-electron chi connectivity index (χ0n) is 17.6. The Balaban J connectivity index is 1.79. The summed E-state index contributed by atoms with van der Waals surface area (Å²) in [5.74, 6) is 0.405. The van der Waals surface area contributed by atoms with Gasteiger partial charge in [0.15, 0.2) is 0 Å². The van der Waals surface area contributed by atoms with E-state index in [9.17, 15) is 9.59 Å². The zero-order valence-corrected chi connectivity index (χ0v) is 17.6. The number of alkyl carbamates (subject to hydrolysis) is 1. The van der Waals surface area contributed by atoms with Gasteiger partial charge in [-0.25, -0.2) is 4.79 Å². The molecular formula is C23H26N4O4. The minimum Gasteiger partial charge on any atom is -0.497 e. The Morgan fingerprint density at radius 1 is 1.03 bits per heavy atom. The predicted octanol–water partition coefficient (Wildman–Crippen LogP) is 3.08. The smallest absolute Gasteiger partial charge is 0.407 e. The number of methoxy groups -OCH3 is 1. The van der Waals surface area contributed by atoms with E-state index in [2.05, 4.69) is 15.7 Å². The molecule has 0 saturated heterocycles. The SMILES string of the molecule is CCOC(=O)NCCNC(=O)c1cn(Cc2ccccc2)nc1-c1cccc(OC)c1. The van der Waals surface area contributed by atoms with Gasteiger partial charge in [-0.15, -0.1) is 0 Å². The van der Waals surface area contributed by atoms with E-state index in [0.29, 0.717) is 30.2 Å². The van der Waals surface area contributed by atoms with E-state index in [-0.39, 0.29) is 19.0 Å². The molecule has 31 heavy (non-hydrogen) atoms. The van der Waals surface area contributed by atoms with Crippen LogP contribution in [-0.4, -0.2) is 48.6 Å². The van der Waals surface area contributed by atoms with Crippen molar-refractivity contribution in [3.63, 3.8) is 0 Å². The fourth-order valence-electron chi connectivity index (χ4n) is 3.04. The van der Waals surface area contributed by atoms with Crippen molar-refractivity contribution in [3.05, 3.63) is 71.9 Å². The molecule has 3 rings (SSSR count). The maximum absolute atomic E-state index is 12.9. The van der Waals surface area contributed by atoms with Gasteiger partial charge in [-0.2, -0.15) is 5.10 Å². The van der Waals surface area contributed by atoms with E-state index in [1.807, 2.05) is 54.6 Å². The molecule has 2 N–H and O–H groups in total. The fraction of sp³-hybridized carbons (Fsp3) is 0.261. The molecule has 0 saturated carbocycles. The molecule has 0 aliphatic carbocycles. The summed E-state index contributed by atoms with van der Waals surface area (Å²) >= 11 is 0. The number of rotatable bonds is 9. The van der Waals surface area contributed by atoms with Gasteiger partial charge in [0.2, 0.25) is 0 Å². The van der Waals surface area contributed by atoms with Gasteiger partial charge in [0.1, 0.15) is 11.4 Å². The van der Waals surface area contributed by atoms with Gasteiger partial charge >= 0.3 is 6.09 Å². The van der Waals surface area contributed by atoms with Crippen LogP contribution in [0.3, 0.4) is 0 Å². The van der Waals surface area contributed by atoms with Crippen LogP contribution >= 0.6 is 0 Å². The molecule has 0 fully saturated rings. The Bertz CT molecular complexity index is 1020. The lowest BCUT2D eigenvalue weighted by molar-refractivity contribution is 0.0952. The van der Waals surface area contributed by atoms with E-state index in [0.717, 1.165) is 11.1 Å². The monoisotopic (exact) mass is 422 g/mol. The summed E-state index contributed by atoms with van der Waals surface area (Å²) in [4.78, 5) is 24.3. The molecule has 1 heterocycles. The number of nitrogens with zero attached hydrogens (tertiary/aromatic N) is 2. The Labute approximate surface area is 181 Å². The number of hydrogen-bond acceptors (Lipinski definition) is 5. The Morgan fingerprint density at radius 2 is 1.81 bits per heavy atom. The highest BCUT2D eigenvalue weighted by molar-refractivity contribution is 5.99. The maximum atomic E-state index is 12.9. The third kappa shape index (κ3) is 6.08. The summed E-state index contributed by atoms with van der Waals surface area (Å²) < 4.78 is 11.9. The summed E-state index contributed by atoms with van der Waals surface area (Å²) in [7, 11) is 1.59. The normalized spacial score (nSPS) is 10.4. The van der Waals surface area contributed by atoms with Crippen molar-refractivity contribution in [2.75, 3.05) is 26.8 Å². The van der Waals surface area contributed by atoms with Gasteiger partial charge < -0.3 is 20.1 Å². The third-order valence-electron chi connectivity index (χ3n) is 4.49. The highest BCUT2D eigenvalue weighted by atomic mass is 16.5. The first-order valence-electron chi connectivity index (χ1n) is 10.0. The Hall–Kier alpha value is -3.81. The number of benzene rings is 2. The average Bonchev–Trinajstić information content (AvgIpc) is 3.21. The van der Waals surface area contributed by atoms with E-state index < -0.39 is 6.09 Å². The summed E-state index contributed by atoms with van der Waals surface area (Å²) in [5, 5.41) is 10.1. The van der Waals surface area contributed by atoms with Crippen LogP contribution < -0.4 is 15.4 Å². The molecule has 8 heteroatoms. The number of nitrogens with one attached hydrogen (secondary N) is 2. The zero-order chi connectivity index (χ0) is 22.1. The maximum Gasteiger partial charge on any atom is 0.407 e. The molecule has 0 bridgehead atoms. The van der Waals surface area contributed by atoms with Crippen LogP contribution in [0.15, 0.2) is 60.8 Å². The second-order valence-corrected chi connectivity index (χ2v) is 6.71. The molecule has 3 aromatic rings. The van der Waals surface area contributed by atoms with Gasteiger partial charge in [-0.05, 0) is 24.6 Å². The van der Waals surface area contributed by atoms with Gasteiger partial charge in [-0.3, -0.25) is 9.48 Å². The Kier molecular flexibility index (Phi) is 7.64. The van der Waals surface area contributed by atoms with E-state index in [4.69, 9.17) is 9.47 Å². The minimum absolute atomic E-state index is 0.261. The molecule has 8 nitrogen and oxygen atoms in total. The van der Waals surface area contributed by atoms with Crippen LogP contribution in [0.4, 0.5) is 4.79 Å². The summed E-state index contributed by atoms with van der Waals surface area (Å²) in [6.45, 7) is 3.09. The van der Waals surface area contributed by atoms with Crippen molar-refractivity contribution in [2.24, 2.45) is 0 Å². The molecule has 0 unspecified atom stereocenters. The first kappa shape index (κ1) is 21.9. The highest BCUT2D eigenvalue weighted by Crippen LogP contribution is 2.26. The minimum atomic E-state index is -0.510.